The van der Waals surface area contributed by atoms with E-state index in [4.69, 9.17) is 0 Å². The van der Waals surface area contributed by atoms with Crippen LogP contribution in [-0.4, -0.2) is 43.8 Å². The molecule has 19 heavy (non-hydrogen) atoms. The first-order chi connectivity index (χ1) is 9.04. The fourth-order valence-corrected chi connectivity index (χ4v) is 3.40. The first-order valence-corrected chi connectivity index (χ1v) is 7.54. The van der Waals surface area contributed by atoms with Crippen molar-refractivity contribution in [3.63, 3.8) is 0 Å². The molecule has 0 amide bonds. The largest absolute Gasteiger partial charge is 0.394 e. The van der Waals surface area contributed by atoms with Crippen LogP contribution in [0.15, 0.2) is 0 Å². The zero-order chi connectivity index (χ0) is 13.5. The van der Waals surface area contributed by atoms with Crippen LogP contribution < -0.4 is 5.32 Å². The molecule has 0 bridgehead atoms. The highest BCUT2D eigenvalue weighted by Gasteiger charge is 2.44. The maximum Gasteiger partial charge on any atom is 0.394 e. The second kappa shape index (κ2) is 5.24. The molecule has 1 N–H and O–H groups in total. The third kappa shape index (κ3) is 3.63. The van der Waals surface area contributed by atoms with Crippen LogP contribution in [0, 0.1) is 23.7 Å². The molecule has 3 aliphatic rings. The summed E-state index contributed by atoms with van der Waals surface area (Å²) in [5.74, 6) is 1.10. The monoisotopic (exact) mass is 276 g/mol. The zero-order valence-corrected chi connectivity index (χ0v) is 11.3. The summed E-state index contributed by atoms with van der Waals surface area (Å²) in [6.07, 6.45) is 1.14. The minimum absolute atomic E-state index is 0.0809. The molecule has 1 aliphatic heterocycles. The van der Waals surface area contributed by atoms with Crippen LogP contribution in [0.1, 0.15) is 25.7 Å². The van der Waals surface area contributed by atoms with Gasteiger partial charge in [-0.15, -0.1) is 0 Å². The van der Waals surface area contributed by atoms with E-state index in [2.05, 4.69) is 10.2 Å². The third-order valence-corrected chi connectivity index (χ3v) is 4.86. The smallest absolute Gasteiger partial charge is 0.315 e. The van der Waals surface area contributed by atoms with Gasteiger partial charge in [0.2, 0.25) is 0 Å². The maximum absolute atomic E-state index is 12.9. The van der Waals surface area contributed by atoms with E-state index in [0.29, 0.717) is 12.5 Å². The Hall–Kier alpha value is -0.290. The average molecular weight is 276 g/mol. The summed E-state index contributed by atoms with van der Waals surface area (Å²) in [5.41, 5.74) is 0. The Morgan fingerprint density at radius 3 is 2.26 bits per heavy atom. The number of nitrogens with zero attached hydrogens (tertiary/aromatic N) is 1. The van der Waals surface area contributed by atoms with Crippen LogP contribution in [0.25, 0.3) is 0 Å². The van der Waals surface area contributed by atoms with Gasteiger partial charge in [-0.05, 0) is 43.4 Å². The van der Waals surface area contributed by atoms with Crippen LogP contribution in [0.3, 0.4) is 0 Å². The Balaban J connectivity index is 1.58. The number of nitrogens with one attached hydrogen (secondary N) is 1. The predicted molar refractivity (Wildman–Crippen MR) is 67.8 cm³/mol. The van der Waals surface area contributed by atoms with Gasteiger partial charge in [0, 0.05) is 32.7 Å². The van der Waals surface area contributed by atoms with Crippen LogP contribution in [-0.2, 0) is 0 Å². The predicted octanol–water partition coefficient (Wildman–Crippen LogP) is 2.51. The van der Waals surface area contributed by atoms with E-state index in [1.54, 1.807) is 0 Å². The van der Waals surface area contributed by atoms with Crippen molar-refractivity contribution in [3.05, 3.63) is 0 Å². The molecule has 1 saturated heterocycles. The summed E-state index contributed by atoms with van der Waals surface area (Å²) < 4.78 is 38.7. The van der Waals surface area contributed by atoms with Gasteiger partial charge < -0.3 is 10.2 Å². The lowest BCUT2D eigenvalue weighted by Crippen LogP contribution is -2.40. The van der Waals surface area contributed by atoms with E-state index in [1.165, 1.54) is 25.7 Å². The lowest BCUT2D eigenvalue weighted by Gasteiger charge is -2.29. The minimum atomic E-state index is -4.07. The molecule has 0 radical (unpaired) electrons. The summed E-state index contributed by atoms with van der Waals surface area (Å²) >= 11 is 0. The first kappa shape index (κ1) is 13.7. The Labute approximate surface area is 112 Å². The highest BCUT2D eigenvalue weighted by molar-refractivity contribution is 4.93. The Kier molecular flexibility index (Phi) is 3.78. The van der Waals surface area contributed by atoms with E-state index >= 15 is 0 Å². The quantitative estimate of drug-likeness (QED) is 0.849. The van der Waals surface area contributed by atoms with E-state index in [9.17, 15) is 13.2 Å². The molecule has 1 atom stereocenters. The molecule has 1 heterocycles. The normalized spacial score (nSPS) is 30.6. The molecule has 2 nitrogen and oxygen atoms in total. The van der Waals surface area contributed by atoms with Gasteiger partial charge in [0.25, 0.3) is 0 Å². The van der Waals surface area contributed by atoms with Crippen molar-refractivity contribution in [2.45, 2.75) is 31.9 Å². The average Bonchev–Trinajstić information content (AvgIpc) is 3.18. The van der Waals surface area contributed by atoms with Crippen LogP contribution in [0.5, 0.6) is 0 Å². The summed E-state index contributed by atoms with van der Waals surface area (Å²) in [6.45, 7) is 2.62. The van der Waals surface area contributed by atoms with Crippen LogP contribution in [0.4, 0.5) is 13.2 Å². The summed E-state index contributed by atoms with van der Waals surface area (Å²) in [6, 6.07) is 0. The SMILES string of the molecule is FC(F)(F)C1CNCCN(CC(C2CC2)C2CC2)C1. The van der Waals surface area contributed by atoms with Gasteiger partial charge >= 0.3 is 6.18 Å². The summed E-state index contributed by atoms with van der Waals surface area (Å²) in [5, 5.41) is 2.94. The molecule has 0 aromatic heterocycles. The molecule has 0 spiro atoms. The third-order valence-electron chi connectivity index (χ3n) is 4.86. The van der Waals surface area contributed by atoms with E-state index in [0.717, 1.165) is 24.9 Å². The molecule has 1 unspecified atom stereocenters. The van der Waals surface area contributed by atoms with Gasteiger partial charge in [0.05, 0.1) is 5.92 Å². The van der Waals surface area contributed by atoms with Gasteiger partial charge in [-0.1, -0.05) is 0 Å². The van der Waals surface area contributed by atoms with Gasteiger partial charge in [0.15, 0.2) is 0 Å². The molecule has 5 heteroatoms. The molecule has 2 saturated carbocycles. The Morgan fingerprint density at radius 2 is 1.74 bits per heavy atom. The zero-order valence-electron chi connectivity index (χ0n) is 11.3. The molecular formula is C14H23F3N2. The first-order valence-electron chi connectivity index (χ1n) is 7.54. The van der Waals surface area contributed by atoms with E-state index in [-0.39, 0.29) is 13.1 Å². The van der Waals surface area contributed by atoms with Gasteiger partial charge in [-0.25, -0.2) is 0 Å². The maximum atomic E-state index is 12.9. The van der Waals surface area contributed by atoms with Crippen molar-refractivity contribution in [2.75, 3.05) is 32.7 Å². The summed E-state index contributed by atoms with van der Waals surface area (Å²) in [4.78, 5) is 2.07. The lowest BCUT2D eigenvalue weighted by molar-refractivity contribution is -0.176. The molecule has 110 valence electrons. The Bertz CT molecular complexity index is 298. The second-order valence-corrected chi connectivity index (χ2v) is 6.54. The van der Waals surface area contributed by atoms with Crippen LogP contribution in [0.2, 0.25) is 0 Å². The van der Waals surface area contributed by atoms with Crippen molar-refractivity contribution in [1.29, 1.82) is 0 Å². The van der Waals surface area contributed by atoms with Crippen LogP contribution >= 0.6 is 0 Å². The van der Waals surface area contributed by atoms with Crippen molar-refractivity contribution in [3.8, 4) is 0 Å². The molecule has 2 aliphatic carbocycles. The van der Waals surface area contributed by atoms with Crippen molar-refractivity contribution in [1.82, 2.24) is 10.2 Å². The minimum Gasteiger partial charge on any atom is -0.315 e. The number of rotatable bonds is 4. The molecule has 0 aromatic rings. The molecule has 3 fully saturated rings. The number of halogens is 3. The topological polar surface area (TPSA) is 15.3 Å². The number of hydrogen-bond acceptors (Lipinski definition) is 2. The van der Waals surface area contributed by atoms with E-state index < -0.39 is 12.1 Å². The highest BCUT2D eigenvalue weighted by Crippen LogP contribution is 2.49. The van der Waals surface area contributed by atoms with Gasteiger partial charge in [-0.2, -0.15) is 13.2 Å². The summed E-state index contributed by atoms with van der Waals surface area (Å²) in [7, 11) is 0. The molecule has 0 aromatic carbocycles. The number of hydrogen-bond donors (Lipinski definition) is 1. The lowest BCUT2D eigenvalue weighted by atomic mass is 9.96. The van der Waals surface area contributed by atoms with Crippen molar-refractivity contribution < 1.29 is 13.2 Å². The fraction of sp³-hybridized carbons (Fsp3) is 1.00. The second-order valence-electron chi connectivity index (χ2n) is 6.54. The highest BCUT2D eigenvalue weighted by atomic mass is 19.4. The van der Waals surface area contributed by atoms with Gasteiger partial charge in [0.1, 0.15) is 0 Å². The van der Waals surface area contributed by atoms with Crippen molar-refractivity contribution >= 4 is 0 Å². The standard InChI is InChI=1S/C14H23F3N2/c15-14(16,17)12-7-18-5-6-19(8-12)9-13(10-1-2-10)11-3-4-11/h10-13,18H,1-9H2. The molecule has 3 rings (SSSR count). The van der Waals surface area contributed by atoms with Crippen molar-refractivity contribution in [2.24, 2.45) is 23.7 Å². The van der Waals surface area contributed by atoms with Gasteiger partial charge in [-0.3, -0.25) is 0 Å². The molecular weight excluding hydrogens is 253 g/mol. The fourth-order valence-electron chi connectivity index (χ4n) is 3.40. The number of alkyl halides is 3. The van der Waals surface area contributed by atoms with E-state index in [1.807, 2.05) is 0 Å². The Morgan fingerprint density at radius 1 is 1.11 bits per heavy atom.